The molecule has 0 saturated carbocycles. The molecule has 2 rings (SSSR count). The molecule has 1 unspecified atom stereocenters. The summed E-state index contributed by atoms with van der Waals surface area (Å²) in [7, 11) is 0. The van der Waals surface area contributed by atoms with Crippen LogP contribution in [0.1, 0.15) is 29.7 Å². The quantitative estimate of drug-likeness (QED) is 0.801. The minimum Gasteiger partial charge on any atom is -0.306 e. The number of aryl methyl sites for hydroxylation is 1. The lowest BCUT2D eigenvalue weighted by Gasteiger charge is -2.16. The molecule has 0 amide bonds. The van der Waals surface area contributed by atoms with Gasteiger partial charge in [0.2, 0.25) is 0 Å². The first-order valence-corrected chi connectivity index (χ1v) is 7.48. The molecular formula is C16H17BrClN. The van der Waals surface area contributed by atoms with Crippen molar-refractivity contribution in [2.45, 2.75) is 26.4 Å². The summed E-state index contributed by atoms with van der Waals surface area (Å²) < 4.78 is 0.942. The number of hydrogen-bond acceptors (Lipinski definition) is 1. The standard InChI is InChI=1S/C16H17BrClN/c1-11-5-3-4-6-14(11)12(2)19-10-13-7-8-16(18)15(17)9-13/h3-9,12,19H,10H2,1-2H3. The molecule has 100 valence electrons. The van der Waals surface area contributed by atoms with Crippen LogP contribution < -0.4 is 5.32 Å². The van der Waals surface area contributed by atoms with Crippen molar-refractivity contribution < 1.29 is 0 Å². The van der Waals surface area contributed by atoms with E-state index in [0.29, 0.717) is 6.04 Å². The number of halogens is 2. The summed E-state index contributed by atoms with van der Waals surface area (Å²) in [5.74, 6) is 0. The zero-order valence-corrected chi connectivity index (χ0v) is 13.4. The summed E-state index contributed by atoms with van der Waals surface area (Å²) in [4.78, 5) is 0. The van der Waals surface area contributed by atoms with Crippen molar-refractivity contribution in [3.63, 3.8) is 0 Å². The molecule has 0 aliphatic heterocycles. The minimum absolute atomic E-state index is 0.329. The van der Waals surface area contributed by atoms with E-state index in [9.17, 15) is 0 Å². The van der Waals surface area contributed by atoms with Gasteiger partial charge in [-0.3, -0.25) is 0 Å². The van der Waals surface area contributed by atoms with Gasteiger partial charge in [-0.05, 0) is 58.6 Å². The highest BCUT2D eigenvalue weighted by Crippen LogP contribution is 2.24. The summed E-state index contributed by atoms with van der Waals surface area (Å²) >= 11 is 9.44. The maximum absolute atomic E-state index is 5.99. The van der Waals surface area contributed by atoms with Gasteiger partial charge >= 0.3 is 0 Å². The first-order valence-electron chi connectivity index (χ1n) is 6.31. The normalized spacial score (nSPS) is 12.4. The Kier molecular flexibility index (Phi) is 5.03. The van der Waals surface area contributed by atoms with Crippen LogP contribution in [0.4, 0.5) is 0 Å². The van der Waals surface area contributed by atoms with Crippen molar-refractivity contribution in [3.8, 4) is 0 Å². The van der Waals surface area contributed by atoms with E-state index < -0.39 is 0 Å². The van der Waals surface area contributed by atoms with Crippen LogP contribution in [0.15, 0.2) is 46.9 Å². The van der Waals surface area contributed by atoms with E-state index in [2.05, 4.69) is 65.4 Å². The van der Waals surface area contributed by atoms with E-state index in [0.717, 1.165) is 16.0 Å². The molecule has 0 bridgehead atoms. The largest absolute Gasteiger partial charge is 0.306 e. The lowest BCUT2D eigenvalue weighted by molar-refractivity contribution is 0.572. The molecule has 1 N–H and O–H groups in total. The second-order valence-corrected chi connectivity index (χ2v) is 5.97. The highest BCUT2D eigenvalue weighted by molar-refractivity contribution is 9.10. The van der Waals surface area contributed by atoms with Crippen LogP contribution in [-0.4, -0.2) is 0 Å². The molecule has 0 aliphatic carbocycles. The molecular weight excluding hydrogens is 322 g/mol. The SMILES string of the molecule is Cc1ccccc1C(C)NCc1ccc(Cl)c(Br)c1. The summed E-state index contributed by atoms with van der Waals surface area (Å²) in [6.07, 6.45) is 0. The van der Waals surface area contributed by atoms with Gasteiger partial charge in [0.1, 0.15) is 0 Å². The van der Waals surface area contributed by atoms with E-state index in [1.165, 1.54) is 16.7 Å². The summed E-state index contributed by atoms with van der Waals surface area (Å²) in [6.45, 7) is 5.16. The van der Waals surface area contributed by atoms with E-state index in [1.807, 2.05) is 12.1 Å². The van der Waals surface area contributed by atoms with Gasteiger partial charge in [-0.25, -0.2) is 0 Å². The average molecular weight is 339 g/mol. The second kappa shape index (κ2) is 6.56. The monoisotopic (exact) mass is 337 g/mol. The molecule has 0 radical (unpaired) electrons. The van der Waals surface area contributed by atoms with Gasteiger partial charge in [-0.15, -0.1) is 0 Å². The Bertz CT molecular complexity index is 568. The molecule has 2 aromatic carbocycles. The summed E-state index contributed by atoms with van der Waals surface area (Å²) in [5, 5.41) is 4.28. The van der Waals surface area contributed by atoms with Crippen LogP contribution in [-0.2, 0) is 6.54 Å². The van der Waals surface area contributed by atoms with E-state index in [1.54, 1.807) is 0 Å². The summed E-state index contributed by atoms with van der Waals surface area (Å²) in [6, 6.07) is 14.8. The Morgan fingerprint density at radius 3 is 2.63 bits per heavy atom. The van der Waals surface area contributed by atoms with Crippen LogP contribution in [0.5, 0.6) is 0 Å². The van der Waals surface area contributed by atoms with Crippen LogP contribution in [0.25, 0.3) is 0 Å². The van der Waals surface area contributed by atoms with E-state index in [4.69, 9.17) is 11.6 Å². The molecule has 2 aromatic rings. The molecule has 0 heterocycles. The predicted molar refractivity (Wildman–Crippen MR) is 85.6 cm³/mol. The zero-order valence-electron chi connectivity index (χ0n) is 11.1. The number of nitrogens with one attached hydrogen (secondary N) is 1. The van der Waals surface area contributed by atoms with Crippen molar-refractivity contribution in [1.29, 1.82) is 0 Å². The van der Waals surface area contributed by atoms with E-state index in [-0.39, 0.29) is 0 Å². The molecule has 0 aliphatic rings. The Hall–Kier alpha value is -0.830. The third-order valence-electron chi connectivity index (χ3n) is 3.25. The van der Waals surface area contributed by atoms with Gasteiger partial charge in [0.25, 0.3) is 0 Å². The number of benzene rings is 2. The Labute approximate surface area is 128 Å². The first kappa shape index (κ1) is 14.6. The third kappa shape index (κ3) is 3.82. The van der Waals surface area contributed by atoms with Crippen LogP contribution in [0.2, 0.25) is 5.02 Å². The van der Waals surface area contributed by atoms with Gasteiger partial charge in [0.05, 0.1) is 5.02 Å². The smallest absolute Gasteiger partial charge is 0.0548 e. The fourth-order valence-corrected chi connectivity index (χ4v) is 2.65. The number of hydrogen-bond donors (Lipinski definition) is 1. The van der Waals surface area contributed by atoms with Crippen molar-refractivity contribution in [1.82, 2.24) is 5.32 Å². The van der Waals surface area contributed by atoms with Crippen molar-refractivity contribution in [3.05, 3.63) is 68.7 Å². The minimum atomic E-state index is 0.329. The molecule has 1 atom stereocenters. The lowest BCUT2D eigenvalue weighted by Crippen LogP contribution is -2.18. The summed E-state index contributed by atoms with van der Waals surface area (Å²) in [5.41, 5.74) is 3.88. The molecule has 1 nitrogen and oxygen atoms in total. The third-order valence-corrected chi connectivity index (χ3v) is 4.47. The predicted octanol–water partition coefficient (Wildman–Crippen LogP) is 5.26. The van der Waals surface area contributed by atoms with Crippen LogP contribution in [0, 0.1) is 6.92 Å². The maximum Gasteiger partial charge on any atom is 0.0548 e. The second-order valence-electron chi connectivity index (χ2n) is 4.71. The van der Waals surface area contributed by atoms with Crippen LogP contribution in [0.3, 0.4) is 0 Å². The molecule has 3 heteroatoms. The average Bonchev–Trinajstić information content (AvgIpc) is 2.40. The van der Waals surface area contributed by atoms with Gasteiger partial charge < -0.3 is 5.32 Å². The Morgan fingerprint density at radius 1 is 1.21 bits per heavy atom. The van der Waals surface area contributed by atoms with E-state index >= 15 is 0 Å². The van der Waals surface area contributed by atoms with Crippen LogP contribution >= 0.6 is 27.5 Å². The Balaban J connectivity index is 2.02. The topological polar surface area (TPSA) is 12.0 Å². The van der Waals surface area contributed by atoms with Gasteiger partial charge in [-0.2, -0.15) is 0 Å². The molecule has 0 saturated heterocycles. The van der Waals surface area contributed by atoms with Crippen molar-refractivity contribution in [2.24, 2.45) is 0 Å². The fraction of sp³-hybridized carbons (Fsp3) is 0.250. The van der Waals surface area contributed by atoms with Gasteiger partial charge in [-0.1, -0.05) is 41.9 Å². The molecule has 0 aromatic heterocycles. The van der Waals surface area contributed by atoms with Crippen molar-refractivity contribution in [2.75, 3.05) is 0 Å². The molecule has 19 heavy (non-hydrogen) atoms. The molecule has 0 spiro atoms. The first-order chi connectivity index (χ1) is 9.08. The lowest BCUT2D eigenvalue weighted by atomic mass is 10.0. The fourth-order valence-electron chi connectivity index (χ4n) is 2.10. The highest BCUT2D eigenvalue weighted by atomic mass is 79.9. The Morgan fingerprint density at radius 2 is 1.95 bits per heavy atom. The maximum atomic E-state index is 5.99. The van der Waals surface area contributed by atoms with Gasteiger partial charge in [0.15, 0.2) is 0 Å². The zero-order chi connectivity index (χ0) is 13.8. The molecule has 0 fully saturated rings. The highest BCUT2D eigenvalue weighted by Gasteiger charge is 2.07. The van der Waals surface area contributed by atoms with Crippen molar-refractivity contribution >= 4 is 27.5 Å². The van der Waals surface area contributed by atoms with Gasteiger partial charge in [0, 0.05) is 17.1 Å². The number of rotatable bonds is 4.